The van der Waals surface area contributed by atoms with Crippen LogP contribution < -0.4 is 20.3 Å². The maximum absolute atomic E-state index is 13.1. The predicted molar refractivity (Wildman–Crippen MR) is 113 cm³/mol. The number of amides is 1. The number of carbonyl (C=O) groups is 2. The molecule has 0 aliphatic heterocycles. The standard InChI is InChI=1S/C20H21N3O6S/c1-4-5-15-22-18-17(12(10-30-18)20(26)27)19(25)23(15)9-16(24)21-13-7-6-11(28-2)8-14(13)29-3/h6-8,10H,4-5,9H2,1-3H3,(H,21,24)(H,26,27). The minimum Gasteiger partial charge on any atom is -0.497 e. The molecule has 3 aromatic rings. The van der Waals surface area contributed by atoms with Crippen LogP contribution in [0.25, 0.3) is 10.2 Å². The summed E-state index contributed by atoms with van der Waals surface area (Å²) in [6.45, 7) is 1.63. The van der Waals surface area contributed by atoms with Gasteiger partial charge in [0, 0.05) is 17.9 Å². The van der Waals surface area contributed by atoms with Gasteiger partial charge in [-0.05, 0) is 18.6 Å². The van der Waals surface area contributed by atoms with Crippen molar-refractivity contribution in [2.75, 3.05) is 19.5 Å². The number of carbonyl (C=O) groups excluding carboxylic acids is 1. The van der Waals surface area contributed by atoms with Gasteiger partial charge in [-0.2, -0.15) is 0 Å². The van der Waals surface area contributed by atoms with Crippen LogP contribution in [0.2, 0.25) is 0 Å². The first-order chi connectivity index (χ1) is 14.4. The van der Waals surface area contributed by atoms with Gasteiger partial charge < -0.3 is 19.9 Å². The van der Waals surface area contributed by atoms with Crippen molar-refractivity contribution in [3.63, 3.8) is 0 Å². The van der Waals surface area contributed by atoms with Crippen molar-refractivity contribution in [2.24, 2.45) is 0 Å². The molecule has 3 rings (SSSR count). The van der Waals surface area contributed by atoms with Crippen molar-refractivity contribution in [3.8, 4) is 11.5 Å². The maximum Gasteiger partial charge on any atom is 0.337 e. The van der Waals surface area contributed by atoms with Gasteiger partial charge >= 0.3 is 5.97 Å². The van der Waals surface area contributed by atoms with E-state index in [0.29, 0.717) is 40.7 Å². The number of rotatable bonds is 8. The molecule has 1 aromatic carbocycles. The molecule has 30 heavy (non-hydrogen) atoms. The molecule has 0 spiro atoms. The van der Waals surface area contributed by atoms with Crippen LogP contribution >= 0.6 is 11.3 Å². The highest BCUT2D eigenvalue weighted by atomic mass is 32.1. The van der Waals surface area contributed by atoms with E-state index in [-0.39, 0.29) is 17.5 Å². The topological polar surface area (TPSA) is 120 Å². The van der Waals surface area contributed by atoms with Gasteiger partial charge in [0.2, 0.25) is 5.91 Å². The quantitative estimate of drug-likeness (QED) is 0.563. The van der Waals surface area contributed by atoms with E-state index in [1.54, 1.807) is 18.2 Å². The minimum absolute atomic E-state index is 0.0159. The van der Waals surface area contributed by atoms with E-state index in [2.05, 4.69) is 10.3 Å². The van der Waals surface area contributed by atoms with Crippen LogP contribution in [0.3, 0.4) is 0 Å². The average Bonchev–Trinajstić information content (AvgIpc) is 3.15. The van der Waals surface area contributed by atoms with Crippen molar-refractivity contribution in [2.45, 2.75) is 26.3 Å². The number of ether oxygens (including phenoxy) is 2. The van der Waals surface area contributed by atoms with E-state index < -0.39 is 17.4 Å². The number of anilines is 1. The van der Waals surface area contributed by atoms with Gasteiger partial charge in [-0.15, -0.1) is 11.3 Å². The van der Waals surface area contributed by atoms with Crippen LogP contribution in [-0.4, -0.2) is 40.8 Å². The molecule has 2 aromatic heterocycles. The lowest BCUT2D eigenvalue weighted by atomic mass is 10.2. The third kappa shape index (κ3) is 4.13. The summed E-state index contributed by atoms with van der Waals surface area (Å²) >= 11 is 1.10. The first kappa shape index (κ1) is 21.3. The minimum atomic E-state index is -1.21. The predicted octanol–water partition coefficient (Wildman–Crippen LogP) is 2.76. The fraction of sp³-hybridized carbons (Fsp3) is 0.300. The number of nitrogens with zero attached hydrogens (tertiary/aromatic N) is 2. The number of carboxylic acid groups (broad SMARTS) is 1. The molecular weight excluding hydrogens is 410 g/mol. The number of aryl methyl sites for hydroxylation is 1. The van der Waals surface area contributed by atoms with Crippen LogP contribution in [0.15, 0.2) is 28.4 Å². The summed E-state index contributed by atoms with van der Waals surface area (Å²) in [4.78, 5) is 42.0. The molecule has 0 unspecified atom stereocenters. The Kier molecular flexibility index (Phi) is 6.36. The molecule has 0 aliphatic rings. The molecule has 9 nitrogen and oxygen atoms in total. The highest BCUT2D eigenvalue weighted by molar-refractivity contribution is 7.17. The Morgan fingerprint density at radius 2 is 2.03 bits per heavy atom. The molecule has 1 amide bonds. The fourth-order valence-electron chi connectivity index (χ4n) is 3.04. The number of aromatic nitrogens is 2. The number of aromatic carboxylic acids is 1. The van der Waals surface area contributed by atoms with Crippen molar-refractivity contribution in [1.82, 2.24) is 9.55 Å². The summed E-state index contributed by atoms with van der Waals surface area (Å²) in [7, 11) is 2.99. The summed E-state index contributed by atoms with van der Waals surface area (Å²) in [6, 6.07) is 4.93. The molecule has 2 heterocycles. The second-order valence-electron chi connectivity index (χ2n) is 6.42. The van der Waals surface area contributed by atoms with E-state index in [9.17, 15) is 19.5 Å². The zero-order valence-electron chi connectivity index (χ0n) is 16.7. The number of hydrogen-bond donors (Lipinski definition) is 2. The highest BCUT2D eigenvalue weighted by Crippen LogP contribution is 2.29. The largest absolute Gasteiger partial charge is 0.497 e. The van der Waals surface area contributed by atoms with Gasteiger partial charge in [-0.25, -0.2) is 9.78 Å². The van der Waals surface area contributed by atoms with E-state index in [1.807, 2.05) is 6.92 Å². The number of thiophene rings is 1. The molecule has 0 saturated carbocycles. The Balaban J connectivity index is 1.98. The van der Waals surface area contributed by atoms with Crippen molar-refractivity contribution < 1.29 is 24.2 Å². The summed E-state index contributed by atoms with van der Waals surface area (Å²) in [5.74, 6) is -0.262. The molecule has 0 saturated heterocycles. The third-order valence-corrected chi connectivity index (χ3v) is 5.33. The van der Waals surface area contributed by atoms with Gasteiger partial charge in [0.05, 0.1) is 30.9 Å². The molecule has 0 radical (unpaired) electrons. The maximum atomic E-state index is 13.1. The molecule has 158 valence electrons. The van der Waals surface area contributed by atoms with Crippen molar-refractivity contribution in [3.05, 3.63) is 45.3 Å². The van der Waals surface area contributed by atoms with Crippen LogP contribution in [0.4, 0.5) is 5.69 Å². The van der Waals surface area contributed by atoms with Crippen LogP contribution in [0, 0.1) is 0 Å². The summed E-state index contributed by atoms with van der Waals surface area (Å²) in [5.41, 5.74) is -0.232. The molecule has 0 bridgehead atoms. The SMILES string of the molecule is CCCc1nc2scc(C(=O)O)c2c(=O)n1CC(=O)Nc1ccc(OC)cc1OC. The van der Waals surface area contributed by atoms with Crippen LogP contribution in [-0.2, 0) is 17.8 Å². The Bertz CT molecular complexity index is 1170. The smallest absolute Gasteiger partial charge is 0.337 e. The number of nitrogens with one attached hydrogen (secondary N) is 1. The number of fused-ring (bicyclic) bond motifs is 1. The number of methoxy groups -OCH3 is 2. The molecule has 10 heteroatoms. The molecule has 0 fully saturated rings. The lowest BCUT2D eigenvalue weighted by Crippen LogP contribution is -2.31. The molecule has 2 N–H and O–H groups in total. The van der Waals surface area contributed by atoms with E-state index in [4.69, 9.17) is 9.47 Å². The molecule has 0 aliphatic carbocycles. The summed E-state index contributed by atoms with van der Waals surface area (Å²) in [5, 5.41) is 13.5. The van der Waals surface area contributed by atoms with Gasteiger partial charge in [0.25, 0.3) is 5.56 Å². The normalized spacial score (nSPS) is 10.8. The Morgan fingerprint density at radius 1 is 1.27 bits per heavy atom. The Labute approximate surface area is 175 Å². The van der Waals surface area contributed by atoms with Crippen LogP contribution in [0.1, 0.15) is 29.5 Å². The Hall–Kier alpha value is -3.40. The second-order valence-corrected chi connectivity index (χ2v) is 7.28. The lowest BCUT2D eigenvalue weighted by Gasteiger charge is -2.14. The van der Waals surface area contributed by atoms with E-state index in [0.717, 1.165) is 11.3 Å². The second kappa shape index (κ2) is 8.95. The average molecular weight is 431 g/mol. The number of carboxylic acids is 1. The van der Waals surface area contributed by atoms with E-state index in [1.165, 1.54) is 24.2 Å². The van der Waals surface area contributed by atoms with Crippen LogP contribution in [0.5, 0.6) is 11.5 Å². The summed E-state index contributed by atoms with van der Waals surface area (Å²) < 4.78 is 11.6. The van der Waals surface area contributed by atoms with Gasteiger partial charge in [-0.3, -0.25) is 14.2 Å². The summed E-state index contributed by atoms with van der Waals surface area (Å²) in [6.07, 6.45) is 1.19. The van der Waals surface area contributed by atoms with Gasteiger partial charge in [-0.1, -0.05) is 6.92 Å². The van der Waals surface area contributed by atoms with Gasteiger partial charge in [0.15, 0.2) is 0 Å². The lowest BCUT2D eigenvalue weighted by molar-refractivity contribution is -0.116. The molecule has 0 atom stereocenters. The highest BCUT2D eigenvalue weighted by Gasteiger charge is 2.21. The first-order valence-corrected chi connectivity index (χ1v) is 10.0. The zero-order chi connectivity index (χ0) is 21.8. The van der Waals surface area contributed by atoms with E-state index >= 15 is 0 Å². The third-order valence-electron chi connectivity index (χ3n) is 4.46. The van der Waals surface area contributed by atoms with Gasteiger partial charge in [0.1, 0.15) is 28.7 Å². The fourth-order valence-corrected chi connectivity index (χ4v) is 3.96. The monoisotopic (exact) mass is 431 g/mol. The molecular formula is C20H21N3O6S. The first-order valence-electron chi connectivity index (χ1n) is 9.15. The van der Waals surface area contributed by atoms with Crippen molar-refractivity contribution >= 4 is 39.1 Å². The zero-order valence-corrected chi connectivity index (χ0v) is 17.5. The van der Waals surface area contributed by atoms with Crippen molar-refractivity contribution in [1.29, 1.82) is 0 Å². The number of hydrogen-bond acceptors (Lipinski definition) is 7. The Morgan fingerprint density at radius 3 is 2.67 bits per heavy atom. The number of benzene rings is 1.